The minimum absolute atomic E-state index is 0.0332. The van der Waals surface area contributed by atoms with E-state index in [1.165, 1.54) is 6.92 Å². The summed E-state index contributed by atoms with van der Waals surface area (Å²) >= 11 is 0. The smallest absolute Gasteiger partial charge is 0.227 e. The van der Waals surface area contributed by atoms with Crippen molar-refractivity contribution in [2.45, 2.75) is 31.9 Å². The molecule has 2 aromatic rings. The number of amides is 2. The van der Waals surface area contributed by atoms with E-state index in [1.807, 2.05) is 66.5 Å². The summed E-state index contributed by atoms with van der Waals surface area (Å²) in [4.78, 5) is 28.2. The quantitative estimate of drug-likeness (QED) is 0.755. The van der Waals surface area contributed by atoms with E-state index < -0.39 is 0 Å². The lowest BCUT2D eigenvalue weighted by Crippen LogP contribution is -2.39. The second kappa shape index (κ2) is 9.67. The first kappa shape index (κ1) is 21.0. The van der Waals surface area contributed by atoms with E-state index in [0.717, 1.165) is 29.8 Å². The van der Waals surface area contributed by atoms with E-state index in [1.54, 1.807) is 0 Å². The summed E-state index contributed by atoms with van der Waals surface area (Å²) in [5, 5.41) is 12.6. The molecule has 2 aromatic carbocycles. The number of likely N-dealkylation sites (N-methyl/N-ethyl adjacent to an activating group) is 1. The average Bonchev–Trinajstić information content (AvgIpc) is 3.12. The fourth-order valence-corrected chi connectivity index (χ4v) is 3.73. The summed E-state index contributed by atoms with van der Waals surface area (Å²) in [6.45, 7) is 3.66. The molecule has 154 valence electrons. The van der Waals surface area contributed by atoms with Crippen LogP contribution in [0.25, 0.3) is 0 Å². The van der Waals surface area contributed by atoms with Crippen LogP contribution in [0, 0.1) is 0 Å². The molecule has 1 saturated heterocycles. The topological polar surface area (TPSA) is 72.9 Å². The fraction of sp³-hybridized carbons (Fsp3) is 0.391. The van der Waals surface area contributed by atoms with Gasteiger partial charge in [0.05, 0.1) is 18.6 Å². The molecule has 2 amide bonds. The van der Waals surface area contributed by atoms with Gasteiger partial charge in [-0.05, 0) is 29.7 Å². The Bertz CT molecular complexity index is 823. The zero-order valence-corrected chi connectivity index (χ0v) is 17.0. The van der Waals surface area contributed by atoms with E-state index in [-0.39, 0.29) is 24.0 Å². The van der Waals surface area contributed by atoms with Crippen LogP contribution in [0.4, 0.5) is 5.69 Å². The number of nitrogens with zero attached hydrogens (tertiary/aromatic N) is 2. The minimum Gasteiger partial charge on any atom is -0.392 e. The minimum atomic E-state index is -0.283. The number of aliphatic hydroxyl groups is 1. The van der Waals surface area contributed by atoms with Crippen molar-refractivity contribution in [1.29, 1.82) is 0 Å². The Morgan fingerprint density at radius 2 is 1.86 bits per heavy atom. The predicted octanol–water partition coefficient (Wildman–Crippen LogP) is 2.45. The summed E-state index contributed by atoms with van der Waals surface area (Å²) in [7, 11) is 1.85. The third-order valence-electron chi connectivity index (χ3n) is 5.35. The lowest BCUT2D eigenvalue weighted by molar-refractivity contribution is -0.131. The Hall–Kier alpha value is -2.70. The third kappa shape index (κ3) is 5.89. The molecule has 0 saturated carbocycles. The van der Waals surface area contributed by atoms with E-state index in [2.05, 4.69) is 10.2 Å². The zero-order valence-electron chi connectivity index (χ0n) is 17.0. The molecule has 2 N–H and O–H groups in total. The molecular weight excluding hydrogens is 366 g/mol. The van der Waals surface area contributed by atoms with Crippen LogP contribution in [0.3, 0.4) is 0 Å². The second-order valence-corrected chi connectivity index (χ2v) is 7.69. The molecule has 1 heterocycles. The van der Waals surface area contributed by atoms with Gasteiger partial charge >= 0.3 is 0 Å². The van der Waals surface area contributed by atoms with Crippen molar-refractivity contribution >= 4 is 17.5 Å². The van der Waals surface area contributed by atoms with Crippen molar-refractivity contribution in [3.8, 4) is 0 Å². The van der Waals surface area contributed by atoms with Gasteiger partial charge in [0, 0.05) is 39.3 Å². The Kier molecular flexibility index (Phi) is 7.01. The number of benzene rings is 2. The highest BCUT2D eigenvalue weighted by molar-refractivity contribution is 5.88. The van der Waals surface area contributed by atoms with E-state index in [9.17, 15) is 14.7 Å². The van der Waals surface area contributed by atoms with Gasteiger partial charge < -0.3 is 15.3 Å². The lowest BCUT2D eigenvalue weighted by atomic mass is 10.0. The maximum atomic E-state index is 13.0. The largest absolute Gasteiger partial charge is 0.392 e. The summed E-state index contributed by atoms with van der Waals surface area (Å²) in [5.41, 5.74) is 2.71. The van der Waals surface area contributed by atoms with Crippen LogP contribution in [-0.2, 0) is 16.0 Å². The van der Waals surface area contributed by atoms with Gasteiger partial charge in [0.2, 0.25) is 11.8 Å². The summed E-state index contributed by atoms with van der Waals surface area (Å²) in [6, 6.07) is 17.3. The lowest BCUT2D eigenvalue weighted by Gasteiger charge is -2.32. The standard InChI is InChI=1S/C23H29N3O3/c1-17(27)24-20-10-8-18(9-11-20)14-23(29)25(2)22(19-6-4-3-5-7-19)16-26-13-12-21(28)15-26/h3-11,21-22,28H,12-16H2,1-2H3,(H,24,27)/t21?,22-/m1/s1. The molecule has 0 aromatic heterocycles. The Morgan fingerprint density at radius 3 is 2.45 bits per heavy atom. The van der Waals surface area contributed by atoms with Crippen LogP contribution in [0.2, 0.25) is 0 Å². The molecule has 0 spiro atoms. The van der Waals surface area contributed by atoms with Gasteiger partial charge in [-0.2, -0.15) is 0 Å². The first-order chi connectivity index (χ1) is 13.9. The third-order valence-corrected chi connectivity index (χ3v) is 5.35. The van der Waals surface area contributed by atoms with Crippen molar-refractivity contribution in [1.82, 2.24) is 9.80 Å². The molecule has 2 atom stereocenters. The average molecular weight is 396 g/mol. The van der Waals surface area contributed by atoms with Gasteiger partial charge in [-0.15, -0.1) is 0 Å². The number of anilines is 1. The monoisotopic (exact) mass is 395 g/mol. The highest BCUT2D eigenvalue weighted by atomic mass is 16.3. The molecule has 29 heavy (non-hydrogen) atoms. The van der Waals surface area contributed by atoms with Gasteiger partial charge in [-0.3, -0.25) is 14.5 Å². The van der Waals surface area contributed by atoms with E-state index >= 15 is 0 Å². The van der Waals surface area contributed by atoms with E-state index in [4.69, 9.17) is 0 Å². The van der Waals surface area contributed by atoms with Gasteiger partial charge in [-0.25, -0.2) is 0 Å². The Labute approximate surface area is 172 Å². The number of rotatable bonds is 7. The molecule has 1 aliphatic heterocycles. The van der Waals surface area contributed by atoms with Crippen LogP contribution >= 0.6 is 0 Å². The van der Waals surface area contributed by atoms with Crippen LogP contribution in [0.1, 0.15) is 30.5 Å². The Morgan fingerprint density at radius 1 is 1.17 bits per heavy atom. The molecule has 0 aliphatic carbocycles. The molecule has 1 aliphatic rings. The molecule has 0 bridgehead atoms. The van der Waals surface area contributed by atoms with Crippen LogP contribution in [-0.4, -0.2) is 59.5 Å². The fourth-order valence-electron chi connectivity index (χ4n) is 3.73. The molecule has 6 heteroatoms. The van der Waals surface area contributed by atoms with Crippen molar-refractivity contribution in [2.24, 2.45) is 0 Å². The van der Waals surface area contributed by atoms with Gasteiger partial charge in [-0.1, -0.05) is 42.5 Å². The maximum absolute atomic E-state index is 13.0. The number of likely N-dealkylation sites (tertiary alicyclic amines) is 1. The summed E-state index contributed by atoms with van der Waals surface area (Å²) in [6.07, 6.45) is 0.789. The first-order valence-electron chi connectivity index (χ1n) is 10.00. The molecule has 1 fully saturated rings. The summed E-state index contributed by atoms with van der Waals surface area (Å²) in [5.74, 6) is -0.0860. The molecule has 0 radical (unpaired) electrons. The SMILES string of the molecule is CC(=O)Nc1ccc(CC(=O)N(C)[C@H](CN2CCC(O)C2)c2ccccc2)cc1. The number of carbonyl (C=O) groups excluding carboxylic acids is 2. The van der Waals surface area contributed by atoms with Crippen molar-refractivity contribution in [3.63, 3.8) is 0 Å². The van der Waals surface area contributed by atoms with Crippen LogP contribution in [0.15, 0.2) is 54.6 Å². The number of nitrogens with one attached hydrogen (secondary N) is 1. The van der Waals surface area contributed by atoms with E-state index in [0.29, 0.717) is 19.5 Å². The van der Waals surface area contributed by atoms with Gasteiger partial charge in [0.1, 0.15) is 0 Å². The number of aliphatic hydroxyl groups excluding tert-OH is 1. The molecule has 3 rings (SSSR count). The van der Waals surface area contributed by atoms with Gasteiger partial charge in [0.25, 0.3) is 0 Å². The van der Waals surface area contributed by atoms with Gasteiger partial charge in [0.15, 0.2) is 0 Å². The Balaban J connectivity index is 1.70. The number of hydrogen-bond donors (Lipinski definition) is 2. The molecular formula is C23H29N3O3. The normalized spacial score (nSPS) is 17.7. The number of hydrogen-bond acceptors (Lipinski definition) is 4. The maximum Gasteiger partial charge on any atom is 0.227 e. The van der Waals surface area contributed by atoms with Crippen LogP contribution < -0.4 is 5.32 Å². The number of carbonyl (C=O) groups is 2. The van der Waals surface area contributed by atoms with Crippen molar-refractivity contribution in [3.05, 3.63) is 65.7 Å². The second-order valence-electron chi connectivity index (χ2n) is 7.69. The summed E-state index contributed by atoms with van der Waals surface area (Å²) < 4.78 is 0. The van der Waals surface area contributed by atoms with Crippen molar-refractivity contribution in [2.75, 3.05) is 32.0 Å². The number of β-amino-alcohol motifs (C(OH)–C–C–N with tert-alkyl or cyclic N) is 1. The first-order valence-corrected chi connectivity index (χ1v) is 10.00. The highest BCUT2D eigenvalue weighted by Crippen LogP contribution is 2.24. The van der Waals surface area contributed by atoms with Crippen LogP contribution in [0.5, 0.6) is 0 Å². The van der Waals surface area contributed by atoms with Crippen molar-refractivity contribution < 1.29 is 14.7 Å². The zero-order chi connectivity index (χ0) is 20.8. The highest BCUT2D eigenvalue weighted by Gasteiger charge is 2.28. The molecule has 6 nitrogen and oxygen atoms in total. The predicted molar refractivity (Wildman–Crippen MR) is 113 cm³/mol. The molecule has 1 unspecified atom stereocenters.